The molecule has 18 heavy (non-hydrogen) atoms. The average molecular weight is 337 g/mol. The van der Waals surface area contributed by atoms with Crippen molar-refractivity contribution in [1.82, 2.24) is 4.72 Å². The van der Waals surface area contributed by atoms with Crippen molar-refractivity contribution in [1.29, 1.82) is 0 Å². The molecular formula is C10H13BrN2O4S. The fraction of sp³-hybridized carbons (Fsp3) is 0.400. The molecular weight excluding hydrogens is 324 g/mol. The molecule has 1 unspecified atom stereocenters. The Morgan fingerprint density at radius 3 is 2.56 bits per heavy atom. The van der Waals surface area contributed by atoms with Gasteiger partial charge in [-0.2, -0.15) is 0 Å². The smallest absolute Gasteiger partial charge is 0.258 e. The molecule has 0 spiro atoms. The van der Waals surface area contributed by atoms with Crippen LogP contribution >= 0.6 is 15.9 Å². The Balaban J connectivity index is 3.32. The molecule has 0 radical (unpaired) electrons. The van der Waals surface area contributed by atoms with E-state index in [1.54, 1.807) is 0 Å². The van der Waals surface area contributed by atoms with Crippen LogP contribution in [-0.2, 0) is 16.4 Å². The minimum absolute atomic E-state index is 0.0722. The molecule has 1 atom stereocenters. The highest BCUT2D eigenvalue weighted by Gasteiger charge is 2.20. The van der Waals surface area contributed by atoms with Gasteiger partial charge in [-0.05, 0) is 19.5 Å². The number of hydrogen-bond acceptors (Lipinski definition) is 4. The van der Waals surface area contributed by atoms with Gasteiger partial charge in [0.25, 0.3) is 5.69 Å². The Morgan fingerprint density at radius 1 is 1.50 bits per heavy atom. The molecule has 0 saturated heterocycles. The van der Waals surface area contributed by atoms with Crippen LogP contribution in [0, 0.1) is 10.1 Å². The van der Waals surface area contributed by atoms with E-state index in [0.29, 0.717) is 12.0 Å². The molecule has 1 aromatic carbocycles. The number of nitro groups is 1. The van der Waals surface area contributed by atoms with Crippen molar-refractivity contribution < 1.29 is 13.3 Å². The number of alkyl halides is 1. The summed E-state index contributed by atoms with van der Waals surface area (Å²) in [4.78, 5) is 10.3. The molecule has 0 heterocycles. The third-order valence-electron chi connectivity index (χ3n) is 2.33. The number of nitrogens with zero attached hydrogens (tertiary/aromatic N) is 1. The van der Waals surface area contributed by atoms with E-state index in [4.69, 9.17) is 0 Å². The van der Waals surface area contributed by atoms with Crippen LogP contribution in [-0.4, -0.2) is 25.2 Å². The van der Waals surface area contributed by atoms with Gasteiger partial charge < -0.3 is 0 Å². The molecule has 1 rings (SSSR count). The Hall–Kier alpha value is -0.990. The largest absolute Gasteiger partial charge is 0.273 e. The second-order valence-corrected chi connectivity index (χ2v) is 7.19. The van der Waals surface area contributed by atoms with E-state index in [0.717, 1.165) is 6.07 Å². The first-order valence-corrected chi connectivity index (χ1v) is 7.52. The van der Waals surface area contributed by atoms with Crippen molar-refractivity contribution in [2.24, 2.45) is 0 Å². The van der Waals surface area contributed by atoms with Crippen molar-refractivity contribution in [3.8, 4) is 0 Å². The highest BCUT2D eigenvalue weighted by atomic mass is 79.9. The van der Waals surface area contributed by atoms with Gasteiger partial charge in [0, 0.05) is 16.5 Å². The molecule has 8 heteroatoms. The second kappa shape index (κ2) is 5.77. The topological polar surface area (TPSA) is 89.3 Å². The second-order valence-electron chi connectivity index (χ2n) is 3.74. The van der Waals surface area contributed by atoms with Crippen molar-refractivity contribution >= 4 is 31.6 Å². The molecule has 0 bridgehead atoms. The van der Waals surface area contributed by atoms with Crippen LogP contribution in [0.4, 0.5) is 5.69 Å². The summed E-state index contributed by atoms with van der Waals surface area (Å²) in [5.41, 5.74) is 0.317. The molecule has 0 amide bonds. The summed E-state index contributed by atoms with van der Waals surface area (Å²) in [7, 11) is -2.41. The summed E-state index contributed by atoms with van der Waals surface area (Å²) in [6.07, 6.45) is 0.455. The SMILES string of the molecule is CNS(=O)(=O)c1ccc(CC(C)Br)c([N+](=O)[O-])c1. The lowest BCUT2D eigenvalue weighted by molar-refractivity contribution is -0.385. The maximum Gasteiger partial charge on any atom is 0.273 e. The van der Waals surface area contributed by atoms with Gasteiger partial charge in [-0.15, -0.1) is 0 Å². The Labute approximate surface area is 114 Å². The monoisotopic (exact) mass is 336 g/mol. The quantitative estimate of drug-likeness (QED) is 0.504. The third kappa shape index (κ3) is 3.50. The number of halogens is 1. The first-order valence-electron chi connectivity index (χ1n) is 5.13. The maximum absolute atomic E-state index is 11.6. The van der Waals surface area contributed by atoms with Crippen molar-refractivity contribution in [3.63, 3.8) is 0 Å². The van der Waals surface area contributed by atoms with Gasteiger partial charge in [0.15, 0.2) is 0 Å². The molecule has 6 nitrogen and oxygen atoms in total. The van der Waals surface area contributed by atoms with Gasteiger partial charge in [-0.3, -0.25) is 10.1 Å². The van der Waals surface area contributed by atoms with Gasteiger partial charge in [-0.1, -0.05) is 28.9 Å². The number of nitrogens with one attached hydrogen (secondary N) is 1. The number of rotatable bonds is 5. The number of sulfonamides is 1. The molecule has 0 aliphatic rings. The van der Waals surface area contributed by atoms with Crippen LogP contribution in [0.1, 0.15) is 12.5 Å². The zero-order valence-corrected chi connectivity index (χ0v) is 12.3. The lowest BCUT2D eigenvalue weighted by Crippen LogP contribution is -2.18. The minimum atomic E-state index is -3.67. The zero-order valence-electron chi connectivity index (χ0n) is 9.88. The fourth-order valence-electron chi connectivity index (χ4n) is 1.47. The first-order chi connectivity index (χ1) is 8.27. The molecule has 100 valence electrons. The molecule has 1 aromatic rings. The predicted molar refractivity (Wildman–Crippen MR) is 71.4 cm³/mol. The van der Waals surface area contributed by atoms with Crippen LogP contribution in [0.2, 0.25) is 0 Å². The zero-order chi connectivity index (χ0) is 13.9. The maximum atomic E-state index is 11.6. The molecule has 0 fully saturated rings. The lowest BCUT2D eigenvalue weighted by atomic mass is 10.1. The standard InChI is InChI=1S/C10H13BrN2O4S/c1-7(11)5-8-3-4-9(18(16,17)12-2)6-10(8)13(14)15/h3-4,6-7,12H,5H2,1-2H3. The normalized spacial score (nSPS) is 13.3. The van der Waals surface area contributed by atoms with Crippen LogP contribution in [0.3, 0.4) is 0 Å². The van der Waals surface area contributed by atoms with Crippen LogP contribution in [0.25, 0.3) is 0 Å². The average Bonchev–Trinajstić information content (AvgIpc) is 2.28. The summed E-state index contributed by atoms with van der Waals surface area (Å²) in [5.74, 6) is 0. The fourth-order valence-corrected chi connectivity index (χ4v) is 2.57. The van der Waals surface area contributed by atoms with E-state index in [1.807, 2.05) is 6.92 Å². The highest BCUT2D eigenvalue weighted by Crippen LogP contribution is 2.25. The van der Waals surface area contributed by atoms with E-state index in [2.05, 4.69) is 20.7 Å². The van der Waals surface area contributed by atoms with Crippen molar-refractivity contribution in [2.45, 2.75) is 23.1 Å². The van der Waals surface area contributed by atoms with Crippen molar-refractivity contribution in [3.05, 3.63) is 33.9 Å². The van der Waals surface area contributed by atoms with Crippen molar-refractivity contribution in [2.75, 3.05) is 7.05 Å². The molecule has 0 aromatic heterocycles. The van der Waals surface area contributed by atoms with Crippen LogP contribution < -0.4 is 4.72 Å². The number of nitro benzene ring substituents is 1. The molecule has 0 aliphatic carbocycles. The van der Waals surface area contributed by atoms with Gasteiger partial charge >= 0.3 is 0 Å². The highest BCUT2D eigenvalue weighted by molar-refractivity contribution is 9.09. The Morgan fingerprint density at radius 2 is 2.11 bits per heavy atom. The summed E-state index contributed by atoms with van der Waals surface area (Å²) >= 11 is 3.31. The van der Waals surface area contributed by atoms with E-state index in [1.165, 1.54) is 19.2 Å². The van der Waals surface area contributed by atoms with Gasteiger partial charge in [-0.25, -0.2) is 13.1 Å². The predicted octanol–water partition coefficient (Wildman–Crippen LogP) is 1.83. The van der Waals surface area contributed by atoms with E-state index in [9.17, 15) is 18.5 Å². The number of benzene rings is 1. The summed E-state index contributed by atoms with van der Waals surface area (Å²) in [5, 5.41) is 10.9. The van der Waals surface area contributed by atoms with E-state index in [-0.39, 0.29) is 15.4 Å². The molecule has 0 saturated carbocycles. The summed E-state index contributed by atoms with van der Waals surface area (Å²) in [6, 6.07) is 3.92. The first kappa shape index (κ1) is 15.1. The van der Waals surface area contributed by atoms with E-state index >= 15 is 0 Å². The minimum Gasteiger partial charge on any atom is -0.258 e. The Bertz CT molecular complexity index is 557. The van der Waals surface area contributed by atoms with E-state index < -0.39 is 14.9 Å². The Kier molecular flexibility index (Phi) is 4.83. The van der Waals surface area contributed by atoms with Gasteiger partial charge in [0.2, 0.25) is 10.0 Å². The van der Waals surface area contributed by atoms with Gasteiger partial charge in [0.1, 0.15) is 0 Å². The number of hydrogen-bond donors (Lipinski definition) is 1. The summed E-state index contributed by atoms with van der Waals surface area (Å²) in [6.45, 7) is 1.86. The van der Waals surface area contributed by atoms with Crippen LogP contribution in [0.15, 0.2) is 23.1 Å². The third-order valence-corrected chi connectivity index (χ3v) is 4.07. The molecule has 0 aliphatic heterocycles. The summed E-state index contributed by atoms with van der Waals surface area (Å²) < 4.78 is 25.3. The molecule has 1 N–H and O–H groups in total. The lowest BCUT2D eigenvalue weighted by Gasteiger charge is -2.07. The van der Waals surface area contributed by atoms with Crippen LogP contribution in [0.5, 0.6) is 0 Å². The van der Waals surface area contributed by atoms with Gasteiger partial charge in [0.05, 0.1) is 9.82 Å².